The molecule has 1 saturated carbocycles. The summed E-state index contributed by atoms with van der Waals surface area (Å²) < 4.78 is 6.20. The SMILES string of the molecule is CCC(C)C1(c2ccccc2)C=CC(C)(C(=O)O[C@H]2C[C@@H](C)CC[C@@H]2C(C)C)C=C1. The van der Waals surface area contributed by atoms with Gasteiger partial charge >= 0.3 is 5.97 Å². The number of carbonyl (C=O) groups is 1. The molecule has 3 rings (SSSR count). The van der Waals surface area contributed by atoms with Crippen molar-refractivity contribution < 1.29 is 9.53 Å². The number of esters is 1. The Balaban J connectivity index is 1.82. The van der Waals surface area contributed by atoms with Crippen LogP contribution in [0.25, 0.3) is 0 Å². The lowest BCUT2D eigenvalue weighted by Crippen LogP contribution is -2.41. The summed E-state index contributed by atoms with van der Waals surface area (Å²) in [5.74, 6) is 1.97. The number of ether oxygens (including phenoxy) is 1. The largest absolute Gasteiger partial charge is 0.461 e. The summed E-state index contributed by atoms with van der Waals surface area (Å²) in [6.45, 7) is 13.3. The van der Waals surface area contributed by atoms with Gasteiger partial charge in [0.25, 0.3) is 0 Å². The Morgan fingerprint density at radius 2 is 1.70 bits per heavy atom. The average Bonchev–Trinajstić information content (AvgIpc) is 2.74. The van der Waals surface area contributed by atoms with E-state index in [1.807, 2.05) is 6.92 Å². The molecule has 1 unspecified atom stereocenters. The lowest BCUT2D eigenvalue weighted by molar-refractivity contribution is -0.162. The molecule has 2 aliphatic carbocycles. The molecule has 0 spiro atoms. The second-order valence-electron chi connectivity index (χ2n) is 10.3. The van der Waals surface area contributed by atoms with E-state index in [1.54, 1.807) is 0 Å². The maximum Gasteiger partial charge on any atom is 0.319 e. The van der Waals surface area contributed by atoms with Gasteiger partial charge in [-0.05, 0) is 49.0 Å². The van der Waals surface area contributed by atoms with Gasteiger partial charge in [-0.15, -0.1) is 0 Å². The van der Waals surface area contributed by atoms with Crippen LogP contribution in [0.3, 0.4) is 0 Å². The molecule has 30 heavy (non-hydrogen) atoms. The van der Waals surface area contributed by atoms with Gasteiger partial charge in [-0.1, -0.05) is 102 Å². The molecule has 0 aromatic heterocycles. The first-order valence-corrected chi connectivity index (χ1v) is 11.9. The number of hydrogen-bond acceptors (Lipinski definition) is 2. The van der Waals surface area contributed by atoms with Gasteiger partial charge < -0.3 is 4.74 Å². The van der Waals surface area contributed by atoms with E-state index in [1.165, 1.54) is 12.0 Å². The zero-order valence-corrected chi connectivity index (χ0v) is 19.7. The molecular weight excluding hydrogens is 368 g/mol. The molecule has 0 aliphatic heterocycles. The fraction of sp³-hybridized carbons (Fsp3) is 0.607. The molecule has 0 bridgehead atoms. The van der Waals surface area contributed by atoms with Crippen molar-refractivity contribution in [3.63, 3.8) is 0 Å². The van der Waals surface area contributed by atoms with Crippen molar-refractivity contribution in [2.24, 2.45) is 29.1 Å². The van der Waals surface area contributed by atoms with E-state index in [0.717, 1.165) is 19.3 Å². The fourth-order valence-corrected chi connectivity index (χ4v) is 5.25. The average molecular weight is 409 g/mol. The summed E-state index contributed by atoms with van der Waals surface area (Å²) in [5.41, 5.74) is 0.409. The van der Waals surface area contributed by atoms with Crippen LogP contribution in [0.4, 0.5) is 0 Å². The van der Waals surface area contributed by atoms with Gasteiger partial charge in [0.1, 0.15) is 11.5 Å². The van der Waals surface area contributed by atoms with Gasteiger partial charge in [0, 0.05) is 5.41 Å². The number of rotatable bonds is 6. The Kier molecular flexibility index (Phi) is 6.95. The minimum atomic E-state index is -0.700. The lowest BCUT2D eigenvalue weighted by Gasteiger charge is -2.41. The van der Waals surface area contributed by atoms with Crippen LogP contribution in [0.15, 0.2) is 54.6 Å². The van der Waals surface area contributed by atoms with Crippen molar-refractivity contribution in [1.29, 1.82) is 0 Å². The number of benzene rings is 1. The molecule has 2 aliphatic rings. The molecule has 1 aromatic rings. The number of allylic oxidation sites excluding steroid dienone is 2. The third-order valence-electron chi connectivity index (χ3n) is 7.77. The smallest absolute Gasteiger partial charge is 0.319 e. The third-order valence-corrected chi connectivity index (χ3v) is 7.77. The lowest BCUT2D eigenvalue weighted by atomic mass is 9.65. The Hall–Kier alpha value is -1.83. The van der Waals surface area contributed by atoms with Gasteiger partial charge in [0.15, 0.2) is 0 Å². The maximum atomic E-state index is 13.3. The van der Waals surface area contributed by atoms with Crippen molar-refractivity contribution >= 4 is 5.97 Å². The summed E-state index contributed by atoms with van der Waals surface area (Å²) in [7, 11) is 0. The first-order chi connectivity index (χ1) is 14.2. The zero-order chi connectivity index (χ0) is 21.9. The van der Waals surface area contributed by atoms with Crippen LogP contribution in [0.5, 0.6) is 0 Å². The molecule has 0 N–H and O–H groups in total. The first kappa shape index (κ1) is 22.8. The van der Waals surface area contributed by atoms with Gasteiger partial charge in [-0.25, -0.2) is 0 Å². The Bertz CT molecular complexity index is 759. The monoisotopic (exact) mass is 408 g/mol. The van der Waals surface area contributed by atoms with Crippen molar-refractivity contribution in [3.8, 4) is 0 Å². The highest BCUT2D eigenvalue weighted by molar-refractivity contribution is 5.82. The molecule has 1 fully saturated rings. The highest BCUT2D eigenvalue weighted by Gasteiger charge is 2.42. The molecule has 1 aromatic carbocycles. The minimum Gasteiger partial charge on any atom is -0.461 e. The Morgan fingerprint density at radius 3 is 2.27 bits per heavy atom. The third kappa shape index (κ3) is 4.43. The van der Waals surface area contributed by atoms with Crippen LogP contribution in [-0.4, -0.2) is 12.1 Å². The van der Waals surface area contributed by atoms with Gasteiger partial charge in [0.2, 0.25) is 0 Å². The zero-order valence-electron chi connectivity index (χ0n) is 19.7. The van der Waals surface area contributed by atoms with E-state index in [4.69, 9.17) is 4.74 Å². The highest BCUT2D eigenvalue weighted by atomic mass is 16.5. The van der Waals surface area contributed by atoms with Crippen LogP contribution in [0.1, 0.15) is 72.8 Å². The summed E-state index contributed by atoms with van der Waals surface area (Å²) in [4.78, 5) is 13.3. The van der Waals surface area contributed by atoms with Gasteiger partial charge in [-0.2, -0.15) is 0 Å². The quantitative estimate of drug-likeness (QED) is 0.370. The molecule has 2 heteroatoms. The van der Waals surface area contributed by atoms with Crippen molar-refractivity contribution in [2.75, 3.05) is 0 Å². The van der Waals surface area contributed by atoms with E-state index in [2.05, 4.69) is 89.3 Å². The van der Waals surface area contributed by atoms with Crippen LogP contribution < -0.4 is 0 Å². The molecule has 0 heterocycles. The maximum absolute atomic E-state index is 13.3. The van der Waals surface area contributed by atoms with Crippen molar-refractivity contribution in [1.82, 2.24) is 0 Å². The predicted molar refractivity (Wildman–Crippen MR) is 125 cm³/mol. The second kappa shape index (κ2) is 9.12. The van der Waals surface area contributed by atoms with E-state index < -0.39 is 5.41 Å². The Labute approximate surface area is 183 Å². The van der Waals surface area contributed by atoms with Crippen LogP contribution in [-0.2, 0) is 14.9 Å². The molecule has 2 nitrogen and oxygen atoms in total. The molecule has 164 valence electrons. The number of carbonyl (C=O) groups excluding carboxylic acids is 1. The number of hydrogen-bond donors (Lipinski definition) is 0. The van der Waals surface area contributed by atoms with Crippen LogP contribution >= 0.6 is 0 Å². The summed E-state index contributed by atoms with van der Waals surface area (Å²) in [6.07, 6.45) is 13.2. The minimum absolute atomic E-state index is 0.0373. The van der Waals surface area contributed by atoms with E-state index in [9.17, 15) is 4.79 Å². The molecular formula is C28H40O2. The van der Waals surface area contributed by atoms with Crippen LogP contribution in [0, 0.1) is 29.1 Å². The van der Waals surface area contributed by atoms with Crippen molar-refractivity contribution in [2.45, 2.75) is 78.7 Å². The predicted octanol–water partition coefficient (Wildman–Crippen LogP) is 7.11. The highest BCUT2D eigenvalue weighted by Crippen LogP contribution is 2.44. The van der Waals surface area contributed by atoms with E-state index >= 15 is 0 Å². The van der Waals surface area contributed by atoms with Gasteiger partial charge in [-0.3, -0.25) is 4.79 Å². The summed E-state index contributed by atoms with van der Waals surface area (Å²) >= 11 is 0. The fourth-order valence-electron chi connectivity index (χ4n) is 5.25. The second-order valence-corrected chi connectivity index (χ2v) is 10.3. The molecule has 0 amide bonds. The van der Waals surface area contributed by atoms with Gasteiger partial charge in [0.05, 0.1) is 0 Å². The van der Waals surface area contributed by atoms with Crippen molar-refractivity contribution in [3.05, 3.63) is 60.2 Å². The van der Waals surface area contributed by atoms with E-state index in [-0.39, 0.29) is 17.5 Å². The Morgan fingerprint density at radius 1 is 1.07 bits per heavy atom. The topological polar surface area (TPSA) is 26.3 Å². The summed E-state index contributed by atoms with van der Waals surface area (Å²) in [6, 6.07) is 10.6. The molecule has 0 saturated heterocycles. The normalized spacial score (nSPS) is 34.7. The summed E-state index contributed by atoms with van der Waals surface area (Å²) in [5, 5.41) is 0. The standard InChI is InChI=1S/C28H40O2/c1-7-22(5)28(23-11-9-8-10-12-23)17-15-27(6,16-18-28)26(29)30-25-19-21(4)13-14-24(25)20(2)3/h8-12,15-18,20-22,24-25H,7,13-14,19H2,1-6H3/t21-,22?,24+,25-,27?,28?/m0/s1. The van der Waals surface area contributed by atoms with E-state index in [0.29, 0.717) is 23.7 Å². The molecule has 4 atom stereocenters. The molecule has 0 radical (unpaired) electrons. The first-order valence-electron chi connectivity index (χ1n) is 11.9. The van der Waals surface area contributed by atoms with Crippen LogP contribution in [0.2, 0.25) is 0 Å².